The number of nitrogens with zero attached hydrogens (tertiary/aromatic N) is 1. The fourth-order valence-corrected chi connectivity index (χ4v) is 4.12. The molecule has 0 radical (unpaired) electrons. The highest BCUT2D eigenvalue weighted by Gasteiger charge is 2.21. The van der Waals surface area contributed by atoms with Crippen molar-refractivity contribution in [1.82, 2.24) is 4.90 Å². The van der Waals surface area contributed by atoms with Crippen molar-refractivity contribution in [3.8, 4) is 0 Å². The summed E-state index contributed by atoms with van der Waals surface area (Å²) >= 11 is 7.98. The van der Waals surface area contributed by atoms with Gasteiger partial charge in [-0.3, -0.25) is 9.59 Å². The second-order valence-electron chi connectivity index (χ2n) is 3.36. The molecule has 0 bridgehead atoms. The molecule has 1 aromatic heterocycles. The van der Waals surface area contributed by atoms with Crippen molar-refractivity contribution in [1.29, 1.82) is 0 Å². The molecule has 1 aromatic rings. The van der Waals surface area contributed by atoms with Crippen molar-refractivity contribution >= 4 is 55.1 Å². The highest BCUT2D eigenvalue weighted by atomic mass is 79.9. The molecule has 1 amide bonds. The van der Waals surface area contributed by atoms with Crippen LogP contribution >= 0.6 is 43.2 Å². The van der Waals surface area contributed by atoms with E-state index >= 15 is 0 Å². The van der Waals surface area contributed by atoms with Crippen molar-refractivity contribution in [3.63, 3.8) is 0 Å². The molecule has 1 N–H and O–H groups in total. The molecule has 0 aliphatic rings. The van der Waals surface area contributed by atoms with Crippen molar-refractivity contribution < 1.29 is 14.7 Å². The molecule has 4 nitrogen and oxygen atoms in total. The van der Waals surface area contributed by atoms with E-state index in [1.54, 1.807) is 6.07 Å². The predicted molar refractivity (Wildman–Crippen MR) is 73.5 cm³/mol. The summed E-state index contributed by atoms with van der Waals surface area (Å²) in [5.74, 6) is -1.26. The highest BCUT2D eigenvalue weighted by molar-refractivity contribution is 9.12. The van der Waals surface area contributed by atoms with Crippen LogP contribution < -0.4 is 0 Å². The van der Waals surface area contributed by atoms with Crippen LogP contribution in [0.25, 0.3) is 0 Å². The molecule has 0 aromatic carbocycles. The fourth-order valence-electron chi connectivity index (χ4n) is 1.34. The number of carboxylic acid groups (broad SMARTS) is 1. The molecule has 7 heteroatoms. The van der Waals surface area contributed by atoms with Gasteiger partial charge in [0.25, 0.3) is 5.91 Å². The van der Waals surface area contributed by atoms with E-state index in [4.69, 9.17) is 5.11 Å². The topological polar surface area (TPSA) is 57.6 Å². The molecule has 17 heavy (non-hydrogen) atoms. The maximum atomic E-state index is 12.1. The van der Waals surface area contributed by atoms with Crippen LogP contribution in [0.5, 0.6) is 0 Å². The number of rotatable bonds is 5. The second kappa shape index (κ2) is 6.51. The Labute approximate surface area is 120 Å². The number of hydrogen-bond donors (Lipinski definition) is 1. The number of halogens is 2. The summed E-state index contributed by atoms with van der Waals surface area (Å²) in [6.45, 7) is 2.07. The second-order valence-corrected chi connectivity index (χ2v) is 7.11. The summed E-state index contributed by atoms with van der Waals surface area (Å²) in [7, 11) is 0. The first kappa shape index (κ1) is 14.7. The standard InChI is InChI=1S/C10H11Br2NO3S/c1-2-3-13(5-8(14)15)10(16)6-4-7(11)17-9(6)12/h4H,2-3,5H2,1H3,(H,14,15). The minimum Gasteiger partial charge on any atom is -0.480 e. The van der Waals surface area contributed by atoms with E-state index in [9.17, 15) is 9.59 Å². The SMILES string of the molecule is CCCN(CC(=O)O)C(=O)c1cc(Br)sc1Br. The van der Waals surface area contributed by atoms with Crippen molar-refractivity contribution in [2.75, 3.05) is 13.1 Å². The Morgan fingerprint density at radius 3 is 2.53 bits per heavy atom. The summed E-state index contributed by atoms with van der Waals surface area (Å²) in [5, 5.41) is 8.77. The molecule has 0 atom stereocenters. The monoisotopic (exact) mass is 383 g/mol. The summed E-state index contributed by atoms with van der Waals surface area (Å²) < 4.78 is 1.54. The summed E-state index contributed by atoms with van der Waals surface area (Å²) in [5.41, 5.74) is 0.497. The zero-order chi connectivity index (χ0) is 13.0. The third-order valence-corrected chi connectivity index (χ3v) is 4.33. The zero-order valence-electron chi connectivity index (χ0n) is 9.07. The summed E-state index contributed by atoms with van der Waals surface area (Å²) in [4.78, 5) is 24.2. The van der Waals surface area contributed by atoms with Gasteiger partial charge in [-0.15, -0.1) is 11.3 Å². The van der Waals surface area contributed by atoms with Crippen LogP contribution in [0, 0.1) is 0 Å². The van der Waals surface area contributed by atoms with Gasteiger partial charge in [-0.05, 0) is 44.3 Å². The fraction of sp³-hybridized carbons (Fsp3) is 0.400. The molecular weight excluding hydrogens is 374 g/mol. The maximum Gasteiger partial charge on any atom is 0.323 e. The first-order chi connectivity index (χ1) is 7.95. The van der Waals surface area contributed by atoms with Crippen LogP contribution in [0.3, 0.4) is 0 Å². The molecule has 94 valence electrons. The average molecular weight is 385 g/mol. The van der Waals surface area contributed by atoms with Crippen LogP contribution in [0.15, 0.2) is 13.6 Å². The molecule has 0 aliphatic heterocycles. The van der Waals surface area contributed by atoms with Crippen LogP contribution in [0.1, 0.15) is 23.7 Å². The number of hydrogen-bond acceptors (Lipinski definition) is 3. The molecule has 1 rings (SSSR count). The first-order valence-electron chi connectivity index (χ1n) is 4.91. The molecule has 0 saturated heterocycles. The Kier molecular flexibility index (Phi) is 5.61. The van der Waals surface area contributed by atoms with E-state index in [0.717, 1.165) is 10.2 Å². The van der Waals surface area contributed by atoms with Gasteiger partial charge in [-0.1, -0.05) is 6.92 Å². The van der Waals surface area contributed by atoms with E-state index in [-0.39, 0.29) is 12.5 Å². The smallest absolute Gasteiger partial charge is 0.323 e. The van der Waals surface area contributed by atoms with Gasteiger partial charge in [0, 0.05) is 6.54 Å². The normalized spacial score (nSPS) is 10.3. The van der Waals surface area contributed by atoms with Gasteiger partial charge in [0.15, 0.2) is 0 Å². The van der Waals surface area contributed by atoms with Gasteiger partial charge in [0.05, 0.1) is 13.1 Å². The molecule has 0 fully saturated rings. The third-order valence-electron chi connectivity index (χ3n) is 1.99. The Morgan fingerprint density at radius 1 is 1.47 bits per heavy atom. The van der Waals surface area contributed by atoms with Crippen LogP contribution in [0.4, 0.5) is 0 Å². The van der Waals surface area contributed by atoms with Crippen LogP contribution in [-0.4, -0.2) is 35.0 Å². The van der Waals surface area contributed by atoms with Crippen LogP contribution in [0.2, 0.25) is 0 Å². The van der Waals surface area contributed by atoms with E-state index in [2.05, 4.69) is 31.9 Å². The lowest BCUT2D eigenvalue weighted by Gasteiger charge is -2.19. The highest BCUT2D eigenvalue weighted by Crippen LogP contribution is 2.32. The van der Waals surface area contributed by atoms with E-state index in [1.807, 2.05) is 6.92 Å². The lowest BCUT2D eigenvalue weighted by molar-refractivity contribution is -0.137. The van der Waals surface area contributed by atoms with E-state index in [1.165, 1.54) is 16.2 Å². The van der Waals surface area contributed by atoms with Crippen molar-refractivity contribution in [3.05, 3.63) is 19.2 Å². The Bertz CT molecular complexity index is 433. The lowest BCUT2D eigenvalue weighted by Crippen LogP contribution is -2.36. The molecule has 1 heterocycles. The van der Waals surface area contributed by atoms with Gasteiger partial charge in [0.1, 0.15) is 6.54 Å². The van der Waals surface area contributed by atoms with Crippen molar-refractivity contribution in [2.24, 2.45) is 0 Å². The number of carboxylic acids is 1. The van der Waals surface area contributed by atoms with Gasteiger partial charge in [0.2, 0.25) is 0 Å². The van der Waals surface area contributed by atoms with Gasteiger partial charge in [-0.25, -0.2) is 0 Å². The van der Waals surface area contributed by atoms with E-state index < -0.39 is 5.97 Å². The molecular formula is C10H11Br2NO3S. The Balaban J connectivity index is 2.91. The van der Waals surface area contributed by atoms with Crippen molar-refractivity contribution in [2.45, 2.75) is 13.3 Å². The minimum absolute atomic E-state index is 0.261. The van der Waals surface area contributed by atoms with Gasteiger partial charge >= 0.3 is 5.97 Å². The maximum absolute atomic E-state index is 12.1. The number of thiophene rings is 1. The lowest BCUT2D eigenvalue weighted by atomic mass is 10.2. The predicted octanol–water partition coefficient (Wildman–Crippen LogP) is 3.21. The van der Waals surface area contributed by atoms with Crippen LogP contribution in [-0.2, 0) is 4.79 Å². The van der Waals surface area contributed by atoms with E-state index in [0.29, 0.717) is 15.9 Å². The molecule has 0 aliphatic carbocycles. The third kappa shape index (κ3) is 4.08. The average Bonchev–Trinajstić information content (AvgIpc) is 2.55. The summed E-state index contributed by atoms with van der Waals surface area (Å²) in [6, 6.07) is 1.70. The largest absolute Gasteiger partial charge is 0.480 e. The molecule has 0 saturated carbocycles. The van der Waals surface area contributed by atoms with Gasteiger partial charge < -0.3 is 10.0 Å². The number of aliphatic carboxylic acids is 1. The minimum atomic E-state index is -1.00. The number of carbonyl (C=O) groups is 2. The Hall–Kier alpha value is -0.400. The number of amides is 1. The number of carbonyl (C=O) groups excluding carboxylic acids is 1. The molecule has 0 unspecified atom stereocenters. The zero-order valence-corrected chi connectivity index (χ0v) is 13.1. The summed E-state index contributed by atoms with van der Waals surface area (Å²) in [6.07, 6.45) is 0.724. The molecule has 0 spiro atoms. The van der Waals surface area contributed by atoms with Gasteiger partial charge in [-0.2, -0.15) is 0 Å². The Morgan fingerprint density at radius 2 is 2.12 bits per heavy atom. The first-order valence-corrected chi connectivity index (χ1v) is 7.31. The quantitative estimate of drug-likeness (QED) is 0.847.